The quantitative estimate of drug-likeness (QED) is 0.819. The third kappa shape index (κ3) is 2.50. The van der Waals surface area contributed by atoms with E-state index in [9.17, 15) is 0 Å². The molecule has 2 saturated heterocycles. The van der Waals surface area contributed by atoms with Gasteiger partial charge in [-0.25, -0.2) is 0 Å². The lowest BCUT2D eigenvalue weighted by Crippen LogP contribution is -2.62. The molecule has 0 amide bonds. The fourth-order valence-electron chi connectivity index (χ4n) is 3.40. The lowest BCUT2D eigenvalue weighted by atomic mass is 10.0. The molecule has 0 aromatic carbocycles. The topological polar surface area (TPSA) is 35.8 Å². The van der Waals surface area contributed by atoms with Gasteiger partial charge in [-0.1, -0.05) is 5.16 Å². The first-order valence-corrected chi connectivity index (χ1v) is 7.88. The predicted octanol–water partition coefficient (Wildman–Crippen LogP) is 0.984. The highest BCUT2D eigenvalue weighted by atomic mass is 16.5. The summed E-state index contributed by atoms with van der Waals surface area (Å²) < 4.78 is 5.42. The van der Waals surface area contributed by atoms with Gasteiger partial charge in [0.25, 0.3) is 0 Å². The van der Waals surface area contributed by atoms with Gasteiger partial charge in [0.1, 0.15) is 5.76 Å². The first kappa shape index (κ1) is 12.8. The van der Waals surface area contributed by atoms with E-state index in [0.717, 1.165) is 18.3 Å². The van der Waals surface area contributed by atoms with Gasteiger partial charge in [0.15, 0.2) is 0 Å². The summed E-state index contributed by atoms with van der Waals surface area (Å²) in [6.45, 7) is 8.34. The highest BCUT2D eigenvalue weighted by Crippen LogP contribution is 2.42. The molecule has 0 bridgehead atoms. The lowest BCUT2D eigenvalue weighted by molar-refractivity contribution is 0.00522. The summed E-state index contributed by atoms with van der Waals surface area (Å²) >= 11 is 0. The molecule has 0 spiro atoms. The van der Waals surface area contributed by atoms with Crippen molar-refractivity contribution in [1.82, 2.24) is 19.9 Å². The molecule has 0 radical (unpaired) electrons. The predicted molar refractivity (Wildman–Crippen MR) is 76.6 cm³/mol. The van der Waals surface area contributed by atoms with Crippen LogP contribution in [0.25, 0.3) is 0 Å². The van der Waals surface area contributed by atoms with Crippen molar-refractivity contribution >= 4 is 0 Å². The number of aromatic nitrogens is 1. The second kappa shape index (κ2) is 5.13. The Morgan fingerprint density at radius 2 is 1.95 bits per heavy atom. The Morgan fingerprint density at radius 3 is 2.65 bits per heavy atom. The molecule has 2 aliphatic heterocycles. The zero-order valence-electron chi connectivity index (χ0n) is 12.3. The fourth-order valence-corrected chi connectivity index (χ4v) is 3.40. The van der Waals surface area contributed by atoms with Crippen LogP contribution in [-0.2, 0) is 6.54 Å². The Morgan fingerprint density at radius 1 is 1.20 bits per heavy atom. The second-order valence-electron chi connectivity index (χ2n) is 6.68. The van der Waals surface area contributed by atoms with E-state index in [1.54, 1.807) is 0 Å². The van der Waals surface area contributed by atoms with Crippen molar-refractivity contribution in [3.63, 3.8) is 0 Å². The highest BCUT2D eigenvalue weighted by molar-refractivity contribution is 5.22. The van der Waals surface area contributed by atoms with Crippen LogP contribution in [0.5, 0.6) is 0 Å². The van der Waals surface area contributed by atoms with Gasteiger partial charge in [-0.15, -0.1) is 0 Å². The van der Waals surface area contributed by atoms with Gasteiger partial charge in [-0.2, -0.15) is 0 Å². The maximum atomic E-state index is 5.42. The Balaban J connectivity index is 1.27. The summed E-state index contributed by atoms with van der Waals surface area (Å²) in [7, 11) is 2.22. The van der Waals surface area contributed by atoms with Crippen molar-refractivity contribution in [2.24, 2.45) is 0 Å². The molecular weight excluding hydrogens is 252 g/mol. The summed E-state index contributed by atoms with van der Waals surface area (Å²) in [5, 5.41) is 3.99. The van der Waals surface area contributed by atoms with Crippen molar-refractivity contribution in [3.05, 3.63) is 17.5 Å². The van der Waals surface area contributed by atoms with E-state index in [4.69, 9.17) is 4.52 Å². The number of hydrogen-bond donors (Lipinski definition) is 0. The van der Waals surface area contributed by atoms with E-state index >= 15 is 0 Å². The van der Waals surface area contributed by atoms with Crippen molar-refractivity contribution < 1.29 is 4.52 Å². The van der Waals surface area contributed by atoms with Crippen LogP contribution in [-0.4, -0.2) is 72.2 Å². The molecule has 5 nitrogen and oxygen atoms in total. The molecule has 20 heavy (non-hydrogen) atoms. The largest absolute Gasteiger partial charge is 0.361 e. The third-order valence-corrected chi connectivity index (χ3v) is 5.01. The molecule has 1 aliphatic carbocycles. The number of rotatable bonds is 4. The molecule has 5 heteroatoms. The van der Waals surface area contributed by atoms with E-state index in [0.29, 0.717) is 5.92 Å². The van der Waals surface area contributed by atoms with Crippen LogP contribution in [0.1, 0.15) is 30.1 Å². The van der Waals surface area contributed by atoms with Gasteiger partial charge in [0, 0.05) is 63.3 Å². The van der Waals surface area contributed by atoms with Gasteiger partial charge >= 0.3 is 0 Å². The zero-order chi connectivity index (χ0) is 13.5. The van der Waals surface area contributed by atoms with Crippen LogP contribution >= 0.6 is 0 Å². The van der Waals surface area contributed by atoms with Crippen molar-refractivity contribution in [1.29, 1.82) is 0 Å². The number of nitrogens with zero attached hydrogens (tertiary/aromatic N) is 4. The van der Waals surface area contributed by atoms with E-state index in [1.807, 2.05) is 6.20 Å². The maximum absolute atomic E-state index is 5.42. The first-order valence-electron chi connectivity index (χ1n) is 7.88. The van der Waals surface area contributed by atoms with Gasteiger partial charge in [-0.05, 0) is 19.9 Å². The number of piperazine rings is 1. The van der Waals surface area contributed by atoms with Gasteiger partial charge < -0.3 is 9.42 Å². The Kier molecular flexibility index (Phi) is 3.28. The summed E-state index contributed by atoms with van der Waals surface area (Å²) in [6.07, 6.45) is 4.50. The van der Waals surface area contributed by atoms with E-state index in [-0.39, 0.29) is 0 Å². The van der Waals surface area contributed by atoms with Crippen molar-refractivity contribution in [3.8, 4) is 0 Å². The first-order chi connectivity index (χ1) is 9.79. The Labute approximate surface area is 120 Å². The molecule has 1 aromatic heterocycles. The minimum absolute atomic E-state index is 0.669. The maximum Gasteiger partial charge on any atom is 0.144 e. The molecule has 110 valence electrons. The zero-order valence-corrected chi connectivity index (χ0v) is 12.3. The normalized spacial score (nSPS) is 26.9. The van der Waals surface area contributed by atoms with Gasteiger partial charge in [-0.3, -0.25) is 9.80 Å². The molecule has 1 aromatic rings. The molecule has 3 aliphatic rings. The van der Waals surface area contributed by atoms with Crippen molar-refractivity contribution in [2.75, 3.05) is 46.3 Å². The number of likely N-dealkylation sites (tertiary alicyclic amines) is 1. The molecule has 0 atom stereocenters. The molecule has 0 unspecified atom stereocenters. The van der Waals surface area contributed by atoms with Crippen LogP contribution < -0.4 is 0 Å². The van der Waals surface area contributed by atoms with Crippen LogP contribution in [0.15, 0.2) is 10.7 Å². The molecule has 0 N–H and O–H groups in total. The minimum Gasteiger partial charge on any atom is -0.361 e. The summed E-state index contributed by atoms with van der Waals surface area (Å²) in [4.78, 5) is 7.61. The summed E-state index contributed by atoms with van der Waals surface area (Å²) in [5.41, 5.74) is 1.32. The molecule has 3 heterocycles. The van der Waals surface area contributed by atoms with E-state index < -0.39 is 0 Å². The van der Waals surface area contributed by atoms with E-state index in [1.165, 1.54) is 57.7 Å². The molecule has 1 saturated carbocycles. The number of hydrogen-bond acceptors (Lipinski definition) is 5. The fraction of sp³-hybridized carbons (Fsp3) is 0.800. The average molecular weight is 276 g/mol. The number of likely N-dealkylation sites (N-methyl/N-ethyl adjacent to an activating group) is 1. The Bertz CT molecular complexity index is 456. The summed E-state index contributed by atoms with van der Waals surface area (Å²) in [5.74, 6) is 1.83. The van der Waals surface area contributed by atoms with Crippen LogP contribution in [0.2, 0.25) is 0 Å². The monoisotopic (exact) mass is 276 g/mol. The Hall–Kier alpha value is -0.910. The summed E-state index contributed by atoms with van der Waals surface area (Å²) in [6, 6.07) is 0.771. The SMILES string of the molecule is CN1CCN(C2CN(Cc3cnoc3C3CC3)C2)CC1. The standard InChI is InChI=1S/C15H24N4O/c1-17-4-6-19(7-5-17)14-10-18(11-14)9-13-8-16-20-15(13)12-2-3-12/h8,12,14H,2-7,9-11H2,1H3. The van der Waals surface area contributed by atoms with E-state index in [2.05, 4.69) is 26.9 Å². The molecule has 3 fully saturated rings. The average Bonchev–Trinajstić information content (AvgIpc) is 3.15. The smallest absolute Gasteiger partial charge is 0.144 e. The third-order valence-electron chi connectivity index (χ3n) is 5.01. The van der Waals surface area contributed by atoms with Crippen LogP contribution in [0, 0.1) is 0 Å². The van der Waals surface area contributed by atoms with Crippen molar-refractivity contribution in [2.45, 2.75) is 31.3 Å². The highest BCUT2D eigenvalue weighted by Gasteiger charge is 2.35. The van der Waals surface area contributed by atoms with Gasteiger partial charge in [0.2, 0.25) is 0 Å². The minimum atomic E-state index is 0.669. The molecular formula is C15H24N4O. The second-order valence-corrected chi connectivity index (χ2v) is 6.68. The van der Waals surface area contributed by atoms with Crippen LogP contribution in [0.3, 0.4) is 0 Å². The van der Waals surface area contributed by atoms with Crippen LogP contribution in [0.4, 0.5) is 0 Å². The lowest BCUT2D eigenvalue weighted by Gasteiger charge is -2.47. The molecule has 4 rings (SSSR count). The van der Waals surface area contributed by atoms with Gasteiger partial charge in [0.05, 0.1) is 6.20 Å².